The molecule has 10 heavy (non-hydrogen) atoms. The van der Waals surface area contributed by atoms with Crippen molar-refractivity contribution in [1.82, 2.24) is 10.2 Å². The Hall–Kier alpha value is -0.280. The first-order valence-corrected chi connectivity index (χ1v) is 3.79. The Labute approximate surface area is 65.3 Å². The Morgan fingerprint density at radius 2 is 2.40 bits per heavy atom. The highest BCUT2D eigenvalue weighted by molar-refractivity contribution is 6.27. The van der Waals surface area contributed by atoms with Crippen molar-refractivity contribution in [1.29, 1.82) is 0 Å². The number of hydrogen-bond donors (Lipinski definition) is 1. The van der Waals surface area contributed by atoms with Gasteiger partial charge in [-0.1, -0.05) is 0 Å². The minimum Gasteiger partial charge on any atom is -0.350 e. The van der Waals surface area contributed by atoms with E-state index in [2.05, 4.69) is 10.2 Å². The Bertz CT molecular complexity index is 134. The van der Waals surface area contributed by atoms with Crippen LogP contribution in [0.25, 0.3) is 0 Å². The molecule has 1 saturated heterocycles. The number of carbonyl (C=O) groups excluding carboxylic acids is 1. The van der Waals surface area contributed by atoms with Crippen LogP contribution in [0.2, 0.25) is 0 Å². The fraction of sp³-hybridized carbons (Fsp3) is 0.833. The monoisotopic (exact) mass is 162 g/mol. The number of nitrogens with one attached hydrogen (secondary N) is 1. The smallest absolute Gasteiger partial charge is 0.235 e. The van der Waals surface area contributed by atoms with Gasteiger partial charge in [0.05, 0.1) is 6.04 Å². The van der Waals surface area contributed by atoms with Gasteiger partial charge in [0.1, 0.15) is 5.88 Å². The predicted molar refractivity (Wildman–Crippen MR) is 40.1 cm³/mol. The van der Waals surface area contributed by atoms with Gasteiger partial charge in [-0.3, -0.25) is 4.79 Å². The quantitative estimate of drug-likeness (QED) is 0.564. The number of nitrogens with zero attached hydrogens (tertiary/aromatic N) is 1. The standard InChI is InChI=1S/C6H11ClN2O/c1-9-3-5(4-9)8-6(10)2-7/h5H,2-4H2,1H3,(H,8,10). The maximum atomic E-state index is 10.7. The molecule has 4 heteroatoms. The minimum atomic E-state index is -0.0697. The summed E-state index contributed by atoms with van der Waals surface area (Å²) >= 11 is 5.29. The lowest BCUT2D eigenvalue weighted by Gasteiger charge is -2.36. The molecule has 0 saturated carbocycles. The maximum absolute atomic E-state index is 10.7. The molecule has 0 aliphatic carbocycles. The van der Waals surface area contributed by atoms with Gasteiger partial charge >= 0.3 is 0 Å². The lowest BCUT2D eigenvalue weighted by atomic mass is 10.1. The highest BCUT2D eigenvalue weighted by Gasteiger charge is 2.23. The number of halogens is 1. The SMILES string of the molecule is CN1CC(NC(=O)CCl)C1. The maximum Gasteiger partial charge on any atom is 0.235 e. The van der Waals surface area contributed by atoms with Crippen molar-refractivity contribution in [2.75, 3.05) is 26.0 Å². The van der Waals surface area contributed by atoms with Crippen LogP contribution in [-0.4, -0.2) is 42.9 Å². The number of amides is 1. The third-order valence-corrected chi connectivity index (χ3v) is 1.79. The van der Waals surface area contributed by atoms with Gasteiger partial charge in [0.2, 0.25) is 5.91 Å². The van der Waals surface area contributed by atoms with Crippen molar-refractivity contribution < 1.29 is 4.79 Å². The van der Waals surface area contributed by atoms with Crippen molar-refractivity contribution in [3.8, 4) is 0 Å². The molecule has 0 aromatic rings. The second-order valence-electron chi connectivity index (χ2n) is 2.62. The normalized spacial score (nSPS) is 20.2. The van der Waals surface area contributed by atoms with Gasteiger partial charge in [-0.05, 0) is 7.05 Å². The average Bonchev–Trinajstić information content (AvgIpc) is 1.84. The fourth-order valence-corrected chi connectivity index (χ4v) is 1.13. The Morgan fingerprint density at radius 3 is 2.80 bits per heavy atom. The molecule has 1 heterocycles. The summed E-state index contributed by atoms with van der Waals surface area (Å²) in [6.45, 7) is 1.89. The molecule has 1 aliphatic heterocycles. The second kappa shape index (κ2) is 3.21. The van der Waals surface area contributed by atoms with E-state index in [1.165, 1.54) is 0 Å². The zero-order valence-electron chi connectivity index (χ0n) is 5.93. The van der Waals surface area contributed by atoms with E-state index in [1.54, 1.807) is 0 Å². The molecule has 3 nitrogen and oxygen atoms in total. The van der Waals surface area contributed by atoms with Crippen LogP contribution in [0.15, 0.2) is 0 Å². The Kier molecular flexibility index (Phi) is 2.51. The molecular weight excluding hydrogens is 152 g/mol. The lowest BCUT2D eigenvalue weighted by molar-refractivity contribution is -0.120. The Balaban J connectivity index is 2.10. The van der Waals surface area contributed by atoms with Crippen molar-refractivity contribution >= 4 is 17.5 Å². The van der Waals surface area contributed by atoms with Gasteiger partial charge in [0.25, 0.3) is 0 Å². The number of likely N-dealkylation sites (N-methyl/N-ethyl adjacent to an activating group) is 1. The number of alkyl halides is 1. The molecule has 58 valence electrons. The first-order valence-electron chi connectivity index (χ1n) is 3.26. The summed E-state index contributed by atoms with van der Waals surface area (Å²) in [5.41, 5.74) is 0. The summed E-state index contributed by atoms with van der Waals surface area (Å²) in [5.74, 6) is -0.00000346. The van der Waals surface area contributed by atoms with E-state index in [0.29, 0.717) is 6.04 Å². The zero-order valence-corrected chi connectivity index (χ0v) is 6.69. The van der Waals surface area contributed by atoms with Crippen LogP contribution in [0.1, 0.15) is 0 Å². The molecule has 1 fully saturated rings. The van der Waals surface area contributed by atoms with Crippen LogP contribution < -0.4 is 5.32 Å². The van der Waals surface area contributed by atoms with Crippen LogP contribution in [0, 0.1) is 0 Å². The van der Waals surface area contributed by atoms with Gasteiger partial charge in [-0.2, -0.15) is 0 Å². The van der Waals surface area contributed by atoms with Crippen LogP contribution in [-0.2, 0) is 4.79 Å². The van der Waals surface area contributed by atoms with Crippen LogP contribution in [0.3, 0.4) is 0 Å². The number of likely N-dealkylation sites (tertiary alicyclic amines) is 1. The highest BCUT2D eigenvalue weighted by Crippen LogP contribution is 2.02. The van der Waals surface area contributed by atoms with Gasteiger partial charge in [0.15, 0.2) is 0 Å². The zero-order chi connectivity index (χ0) is 7.56. The molecule has 1 N–H and O–H groups in total. The molecule has 0 aromatic carbocycles. The molecule has 0 aromatic heterocycles. The summed E-state index contributed by atoms with van der Waals surface area (Å²) in [7, 11) is 2.02. The van der Waals surface area contributed by atoms with Gasteiger partial charge in [-0.15, -0.1) is 11.6 Å². The van der Waals surface area contributed by atoms with Gasteiger partial charge in [0, 0.05) is 13.1 Å². The predicted octanol–water partition coefficient (Wildman–Crippen LogP) is -0.345. The Morgan fingerprint density at radius 1 is 1.80 bits per heavy atom. The fourth-order valence-electron chi connectivity index (χ4n) is 1.06. The second-order valence-corrected chi connectivity index (χ2v) is 2.89. The van der Waals surface area contributed by atoms with E-state index < -0.39 is 0 Å². The van der Waals surface area contributed by atoms with E-state index >= 15 is 0 Å². The first kappa shape index (κ1) is 7.82. The largest absolute Gasteiger partial charge is 0.350 e. The third-order valence-electron chi connectivity index (χ3n) is 1.55. The summed E-state index contributed by atoms with van der Waals surface area (Å²) in [6, 6.07) is 0.330. The van der Waals surface area contributed by atoms with Crippen LogP contribution >= 0.6 is 11.6 Å². The lowest BCUT2D eigenvalue weighted by Crippen LogP contribution is -2.57. The molecule has 1 aliphatic rings. The number of rotatable bonds is 2. The molecule has 0 atom stereocenters. The number of carbonyl (C=O) groups is 1. The average molecular weight is 163 g/mol. The molecule has 1 rings (SSSR count). The van der Waals surface area contributed by atoms with Crippen molar-refractivity contribution in [3.05, 3.63) is 0 Å². The van der Waals surface area contributed by atoms with Crippen LogP contribution in [0.5, 0.6) is 0 Å². The molecule has 0 bridgehead atoms. The van der Waals surface area contributed by atoms with Crippen molar-refractivity contribution in [3.63, 3.8) is 0 Å². The molecule has 0 unspecified atom stereocenters. The van der Waals surface area contributed by atoms with Crippen molar-refractivity contribution in [2.45, 2.75) is 6.04 Å². The molecule has 0 spiro atoms. The highest BCUT2D eigenvalue weighted by atomic mass is 35.5. The van der Waals surface area contributed by atoms with E-state index in [1.807, 2.05) is 7.05 Å². The van der Waals surface area contributed by atoms with Crippen molar-refractivity contribution in [2.24, 2.45) is 0 Å². The summed E-state index contributed by atoms with van der Waals surface area (Å²) < 4.78 is 0. The topological polar surface area (TPSA) is 32.3 Å². The van der Waals surface area contributed by atoms with Gasteiger partial charge in [-0.25, -0.2) is 0 Å². The van der Waals surface area contributed by atoms with Gasteiger partial charge < -0.3 is 10.2 Å². The molecular formula is C6H11ClN2O. The van der Waals surface area contributed by atoms with E-state index in [-0.39, 0.29) is 11.8 Å². The third kappa shape index (κ3) is 1.85. The van der Waals surface area contributed by atoms with E-state index in [4.69, 9.17) is 11.6 Å². The summed E-state index contributed by atoms with van der Waals surface area (Å²) in [4.78, 5) is 12.8. The summed E-state index contributed by atoms with van der Waals surface area (Å²) in [5, 5.41) is 2.78. The van der Waals surface area contributed by atoms with E-state index in [9.17, 15) is 4.79 Å². The minimum absolute atomic E-state index is 0.0697. The number of hydrogen-bond acceptors (Lipinski definition) is 2. The summed E-state index contributed by atoms with van der Waals surface area (Å²) in [6.07, 6.45) is 0. The van der Waals surface area contributed by atoms with Crippen LogP contribution in [0.4, 0.5) is 0 Å². The first-order chi connectivity index (χ1) is 4.72. The van der Waals surface area contributed by atoms with E-state index in [0.717, 1.165) is 13.1 Å². The molecule has 1 amide bonds. The molecule has 0 radical (unpaired) electrons.